The fourth-order valence-electron chi connectivity index (χ4n) is 3.11. The first-order valence-corrected chi connectivity index (χ1v) is 10.0. The molecule has 2 heterocycles. The van der Waals surface area contributed by atoms with E-state index in [1.54, 1.807) is 26.0 Å². The van der Waals surface area contributed by atoms with E-state index in [2.05, 4.69) is 4.98 Å². The third kappa shape index (κ3) is 3.86. The molecule has 0 saturated heterocycles. The lowest BCUT2D eigenvalue weighted by atomic mass is 9.95. The topological polar surface area (TPSA) is 71.9 Å². The van der Waals surface area contributed by atoms with Crippen LogP contribution < -0.4 is 0 Å². The van der Waals surface area contributed by atoms with Crippen molar-refractivity contribution in [3.63, 3.8) is 0 Å². The van der Waals surface area contributed by atoms with E-state index < -0.39 is 12.0 Å². The second-order valence-electron chi connectivity index (χ2n) is 6.23. The predicted octanol–water partition coefficient (Wildman–Crippen LogP) is 4.29. The van der Waals surface area contributed by atoms with Crippen LogP contribution in [0.1, 0.15) is 43.1 Å². The Hall–Kier alpha value is -2.51. The molecular formula is C20H20ClN3O3S. The maximum Gasteiger partial charge on any atom is 0.338 e. The van der Waals surface area contributed by atoms with Crippen LogP contribution in [-0.2, 0) is 14.3 Å². The van der Waals surface area contributed by atoms with Crippen molar-refractivity contribution in [2.24, 2.45) is 4.99 Å². The second-order valence-corrected chi connectivity index (χ2v) is 7.73. The van der Waals surface area contributed by atoms with Crippen LogP contribution in [0.5, 0.6) is 0 Å². The fourth-order valence-corrected chi connectivity index (χ4v) is 3.83. The first-order chi connectivity index (χ1) is 13.3. The van der Waals surface area contributed by atoms with Crippen LogP contribution in [0.4, 0.5) is 0 Å². The van der Waals surface area contributed by atoms with Gasteiger partial charge in [0.15, 0.2) is 5.84 Å². The molecule has 0 N–H and O–H groups in total. The van der Waals surface area contributed by atoms with Crippen LogP contribution in [0.3, 0.4) is 0 Å². The van der Waals surface area contributed by atoms with E-state index in [1.807, 2.05) is 24.4 Å². The molecule has 28 heavy (non-hydrogen) atoms. The molecule has 146 valence electrons. The number of benzene rings is 1. The molecule has 0 fully saturated rings. The molecule has 1 aromatic carbocycles. The monoisotopic (exact) mass is 417 g/mol. The highest BCUT2D eigenvalue weighted by molar-refractivity contribution is 7.09. The summed E-state index contributed by atoms with van der Waals surface area (Å²) >= 11 is 7.49. The number of hydrogen-bond acceptors (Lipinski definition) is 6. The molecule has 1 aliphatic rings. The molecular weight excluding hydrogens is 398 g/mol. The van der Waals surface area contributed by atoms with Crippen LogP contribution in [0, 0.1) is 6.92 Å². The maximum absolute atomic E-state index is 12.7. The number of halogens is 1. The third-order valence-corrected chi connectivity index (χ3v) is 5.33. The molecule has 1 aliphatic heterocycles. The number of aryl methyl sites for hydroxylation is 1. The summed E-state index contributed by atoms with van der Waals surface area (Å²) in [6, 6.07) is 6.50. The highest BCUT2D eigenvalue weighted by atomic mass is 35.5. The highest BCUT2D eigenvalue weighted by Gasteiger charge is 2.36. The van der Waals surface area contributed by atoms with Gasteiger partial charge in [-0.05, 0) is 38.5 Å². The summed E-state index contributed by atoms with van der Waals surface area (Å²) in [7, 11) is 0. The number of thiazole rings is 1. The largest absolute Gasteiger partial charge is 0.463 e. The Morgan fingerprint density at radius 2 is 1.93 bits per heavy atom. The Morgan fingerprint density at radius 3 is 2.46 bits per heavy atom. The molecule has 3 rings (SSSR count). The molecule has 1 amide bonds. The van der Waals surface area contributed by atoms with Gasteiger partial charge in [-0.15, -0.1) is 11.3 Å². The SMILES string of the molecule is CCOC(=O)C1=C(C)N(C(C)=O)C(c2csc(C)n2)=N[C@H]1c1ccc(Cl)cc1. The molecule has 1 atom stereocenters. The summed E-state index contributed by atoms with van der Waals surface area (Å²) in [5, 5.41) is 3.30. The van der Waals surface area contributed by atoms with Gasteiger partial charge in [-0.25, -0.2) is 9.78 Å². The van der Waals surface area contributed by atoms with E-state index in [9.17, 15) is 9.59 Å². The number of ether oxygens (including phenoxy) is 1. The Morgan fingerprint density at radius 1 is 1.25 bits per heavy atom. The summed E-state index contributed by atoms with van der Waals surface area (Å²) in [6.07, 6.45) is 0. The van der Waals surface area contributed by atoms with Crippen LogP contribution in [0.25, 0.3) is 0 Å². The van der Waals surface area contributed by atoms with Crippen molar-refractivity contribution >= 4 is 40.6 Å². The van der Waals surface area contributed by atoms with Gasteiger partial charge in [0.25, 0.3) is 0 Å². The normalized spacial score (nSPS) is 16.8. The van der Waals surface area contributed by atoms with E-state index in [1.165, 1.54) is 23.2 Å². The van der Waals surface area contributed by atoms with Crippen molar-refractivity contribution in [1.82, 2.24) is 9.88 Å². The van der Waals surface area contributed by atoms with E-state index in [4.69, 9.17) is 21.3 Å². The summed E-state index contributed by atoms with van der Waals surface area (Å²) in [6.45, 7) is 7.02. The predicted molar refractivity (Wildman–Crippen MR) is 109 cm³/mol. The molecule has 0 unspecified atom stereocenters. The number of aromatic nitrogens is 1. The summed E-state index contributed by atoms with van der Waals surface area (Å²) in [5.74, 6) is -0.330. The number of rotatable bonds is 4. The Kier molecular flexibility index (Phi) is 5.96. The molecule has 1 aromatic heterocycles. The number of amidine groups is 1. The number of amides is 1. The van der Waals surface area contributed by atoms with E-state index in [0.717, 1.165) is 10.6 Å². The number of aliphatic imine (C=N–C) groups is 1. The van der Waals surface area contributed by atoms with Gasteiger partial charge in [0.2, 0.25) is 5.91 Å². The average molecular weight is 418 g/mol. The van der Waals surface area contributed by atoms with Gasteiger partial charge in [-0.1, -0.05) is 23.7 Å². The number of esters is 1. The molecule has 0 saturated carbocycles. The molecule has 0 radical (unpaired) electrons. The smallest absolute Gasteiger partial charge is 0.338 e. The van der Waals surface area contributed by atoms with E-state index >= 15 is 0 Å². The first kappa shape index (κ1) is 20.2. The number of hydrogen-bond donors (Lipinski definition) is 0. The van der Waals surface area contributed by atoms with Crippen LogP contribution in [0.15, 0.2) is 45.9 Å². The quantitative estimate of drug-likeness (QED) is 0.695. The van der Waals surface area contributed by atoms with Gasteiger partial charge in [-0.2, -0.15) is 0 Å². The molecule has 6 nitrogen and oxygen atoms in total. The van der Waals surface area contributed by atoms with Crippen LogP contribution in [0.2, 0.25) is 5.02 Å². The minimum absolute atomic E-state index is 0.227. The summed E-state index contributed by atoms with van der Waals surface area (Å²) < 4.78 is 5.26. The number of carbonyl (C=O) groups is 2. The Bertz CT molecular complexity index is 979. The fraction of sp³-hybridized carbons (Fsp3) is 0.300. The lowest BCUT2D eigenvalue weighted by molar-refractivity contribution is -0.139. The van der Waals surface area contributed by atoms with E-state index in [0.29, 0.717) is 27.8 Å². The Labute approximate surface area is 172 Å². The number of nitrogens with zero attached hydrogens (tertiary/aromatic N) is 3. The van der Waals surface area contributed by atoms with Gasteiger partial charge in [-0.3, -0.25) is 14.7 Å². The summed E-state index contributed by atoms with van der Waals surface area (Å²) in [4.78, 5) is 35.9. The van der Waals surface area contributed by atoms with Crippen molar-refractivity contribution in [1.29, 1.82) is 0 Å². The molecule has 0 spiro atoms. The van der Waals surface area contributed by atoms with Gasteiger partial charge in [0.05, 0.1) is 17.2 Å². The van der Waals surface area contributed by atoms with E-state index in [-0.39, 0.29) is 12.5 Å². The van der Waals surface area contributed by atoms with Crippen LogP contribution in [-0.4, -0.2) is 34.2 Å². The zero-order valence-corrected chi connectivity index (χ0v) is 17.6. The van der Waals surface area contributed by atoms with Gasteiger partial charge in [0, 0.05) is 23.0 Å². The minimum Gasteiger partial charge on any atom is -0.463 e. The lowest BCUT2D eigenvalue weighted by Gasteiger charge is -2.32. The van der Waals surface area contributed by atoms with Crippen molar-refractivity contribution in [2.75, 3.05) is 6.61 Å². The van der Waals surface area contributed by atoms with Crippen molar-refractivity contribution in [2.45, 2.75) is 33.7 Å². The Balaban J connectivity index is 2.21. The van der Waals surface area contributed by atoms with Crippen LogP contribution >= 0.6 is 22.9 Å². The number of carbonyl (C=O) groups excluding carboxylic acids is 2. The zero-order valence-electron chi connectivity index (χ0n) is 16.0. The molecule has 2 aromatic rings. The molecule has 8 heteroatoms. The maximum atomic E-state index is 12.7. The standard InChI is InChI=1S/C20H20ClN3O3S/c1-5-27-20(26)17-11(2)24(13(4)25)19(16-10-28-12(3)22-16)23-18(17)14-6-8-15(21)9-7-14/h6-10,18H,5H2,1-4H3/t18-/m0/s1. The third-order valence-electron chi connectivity index (χ3n) is 4.31. The minimum atomic E-state index is -0.621. The molecule has 0 bridgehead atoms. The van der Waals surface area contributed by atoms with Crippen molar-refractivity contribution in [3.8, 4) is 0 Å². The first-order valence-electron chi connectivity index (χ1n) is 8.77. The number of allylic oxidation sites excluding steroid dienone is 1. The van der Waals surface area contributed by atoms with Gasteiger partial charge >= 0.3 is 5.97 Å². The zero-order chi connectivity index (χ0) is 20.4. The second kappa shape index (κ2) is 8.24. The average Bonchev–Trinajstić information content (AvgIpc) is 3.07. The highest BCUT2D eigenvalue weighted by Crippen LogP contribution is 2.36. The lowest BCUT2D eigenvalue weighted by Crippen LogP contribution is -2.40. The molecule has 0 aliphatic carbocycles. The summed E-state index contributed by atoms with van der Waals surface area (Å²) in [5.41, 5.74) is 2.19. The van der Waals surface area contributed by atoms with Crippen molar-refractivity contribution < 1.29 is 14.3 Å². The van der Waals surface area contributed by atoms with Gasteiger partial charge < -0.3 is 4.74 Å². The van der Waals surface area contributed by atoms with Gasteiger partial charge in [0.1, 0.15) is 11.7 Å². The van der Waals surface area contributed by atoms with Crippen molar-refractivity contribution in [3.05, 3.63) is 62.2 Å².